The number of benzene rings is 2. The van der Waals surface area contributed by atoms with Crippen LogP contribution in [0.3, 0.4) is 0 Å². The Hall–Kier alpha value is -2.80. The number of para-hydroxylation sites is 1. The van der Waals surface area contributed by atoms with Crippen molar-refractivity contribution in [3.05, 3.63) is 72.3 Å². The van der Waals surface area contributed by atoms with Gasteiger partial charge in [0.25, 0.3) is 10.0 Å². The largest absolute Gasteiger partial charge is 0.490 e. The van der Waals surface area contributed by atoms with E-state index in [1.165, 1.54) is 12.1 Å². The summed E-state index contributed by atoms with van der Waals surface area (Å²) in [5.74, 6) is 0.703. The number of hydrogen-bond donors (Lipinski definition) is 0. The van der Waals surface area contributed by atoms with Gasteiger partial charge in [0.15, 0.2) is 0 Å². The maximum atomic E-state index is 12.7. The van der Waals surface area contributed by atoms with Gasteiger partial charge in [0.2, 0.25) is 0 Å². The van der Waals surface area contributed by atoms with Crippen molar-refractivity contribution in [1.82, 2.24) is 4.31 Å². The van der Waals surface area contributed by atoms with Gasteiger partial charge in [-0.2, -0.15) is 4.31 Å². The van der Waals surface area contributed by atoms with Crippen molar-refractivity contribution in [3.8, 4) is 5.75 Å². The van der Waals surface area contributed by atoms with Gasteiger partial charge in [-0.3, -0.25) is 0 Å². The van der Waals surface area contributed by atoms with E-state index in [0.717, 1.165) is 12.7 Å². The molecule has 0 aliphatic carbocycles. The molecular formula is C19H21NO5S. The van der Waals surface area contributed by atoms with Crippen LogP contribution in [0.15, 0.2) is 71.6 Å². The molecule has 0 aromatic heterocycles. The second-order valence-electron chi connectivity index (χ2n) is 5.41. The van der Waals surface area contributed by atoms with E-state index in [2.05, 4.69) is 4.74 Å². The SMILES string of the molecule is COC(=O)N(C/C=C/COc1ccccc1)S(=O)(=O)c1ccc(C)cc1. The van der Waals surface area contributed by atoms with Crippen LogP contribution in [0, 0.1) is 6.92 Å². The number of rotatable bonds is 7. The zero-order chi connectivity index (χ0) is 19.0. The molecule has 0 saturated heterocycles. The quantitative estimate of drug-likeness (QED) is 0.694. The van der Waals surface area contributed by atoms with Crippen molar-refractivity contribution in [3.63, 3.8) is 0 Å². The molecule has 0 N–H and O–H groups in total. The van der Waals surface area contributed by atoms with Crippen LogP contribution in [0.5, 0.6) is 5.75 Å². The monoisotopic (exact) mass is 375 g/mol. The molecule has 2 aromatic carbocycles. The third kappa shape index (κ3) is 5.10. The molecule has 2 aromatic rings. The summed E-state index contributed by atoms with van der Waals surface area (Å²) in [6, 6.07) is 15.5. The van der Waals surface area contributed by atoms with E-state index in [0.29, 0.717) is 10.1 Å². The highest BCUT2D eigenvalue weighted by atomic mass is 32.2. The Kier molecular flexibility index (Phi) is 6.80. The molecule has 0 bridgehead atoms. The highest BCUT2D eigenvalue weighted by Crippen LogP contribution is 2.17. The van der Waals surface area contributed by atoms with E-state index in [1.54, 1.807) is 24.3 Å². The zero-order valence-electron chi connectivity index (χ0n) is 14.7. The fourth-order valence-electron chi connectivity index (χ4n) is 2.11. The average Bonchev–Trinajstić information content (AvgIpc) is 2.65. The summed E-state index contributed by atoms with van der Waals surface area (Å²) in [5, 5.41) is 0. The number of carbonyl (C=O) groups excluding carboxylic acids is 1. The van der Waals surface area contributed by atoms with E-state index in [-0.39, 0.29) is 18.0 Å². The fourth-order valence-corrected chi connectivity index (χ4v) is 3.40. The molecule has 0 heterocycles. The van der Waals surface area contributed by atoms with Crippen LogP contribution in [0.1, 0.15) is 5.56 Å². The lowest BCUT2D eigenvalue weighted by atomic mass is 10.2. The first kappa shape index (κ1) is 19.5. The van der Waals surface area contributed by atoms with Crippen LogP contribution in [0.25, 0.3) is 0 Å². The minimum Gasteiger partial charge on any atom is -0.490 e. The Morgan fingerprint density at radius 3 is 2.31 bits per heavy atom. The van der Waals surface area contributed by atoms with Crippen LogP contribution in [-0.4, -0.2) is 39.1 Å². The lowest BCUT2D eigenvalue weighted by Crippen LogP contribution is -2.37. The summed E-state index contributed by atoms with van der Waals surface area (Å²) < 4.78 is 36.2. The Morgan fingerprint density at radius 2 is 1.69 bits per heavy atom. The predicted octanol–water partition coefficient (Wildman–Crippen LogP) is 3.39. The molecule has 138 valence electrons. The van der Waals surface area contributed by atoms with Crippen molar-refractivity contribution < 1.29 is 22.7 Å². The second-order valence-corrected chi connectivity index (χ2v) is 7.28. The molecule has 26 heavy (non-hydrogen) atoms. The van der Waals surface area contributed by atoms with Crippen molar-refractivity contribution in [2.45, 2.75) is 11.8 Å². The maximum Gasteiger partial charge on any atom is 0.423 e. The maximum absolute atomic E-state index is 12.7. The Balaban J connectivity index is 2.06. The Labute approximate surface area is 153 Å². The normalized spacial score (nSPS) is 11.3. The van der Waals surface area contributed by atoms with Gasteiger partial charge in [0, 0.05) is 0 Å². The number of carbonyl (C=O) groups is 1. The molecule has 6 nitrogen and oxygen atoms in total. The van der Waals surface area contributed by atoms with Gasteiger partial charge in [-0.25, -0.2) is 13.2 Å². The molecular weight excluding hydrogens is 354 g/mol. The highest BCUT2D eigenvalue weighted by molar-refractivity contribution is 7.89. The van der Waals surface area contributed by atoms with Crippen LogP contribution < -0.4 is 4.74 Å². The lowest BCUT2D eigenvalue weighted by molar-refractivity contribution is 0.151. The van der Waals surface area contributed by atoms with E-state index < -0.39 is 16.1 Å². The predicted molar refractivity (Wildman–Crippen MR) is 98.6 cm³/mol. The van der Waals surface area contributed by atoms with Gasteiger partial charge in [0.1, 0.15) is 12.4 Å². The van der Waals surface area contributed by atoms with Gasteiger partial charge in [-0.15, -0.1) is 0 Å². The lowest BCUT2D eigenvalue weighted by Gasteiger charge is -2.19. The van der Waals surface area contributed by atoms with E-state index in [1.807, 2.05) is 37.3 Å². The minimum absolute atomic E-state index is 0.0300. The summed E-state index contributed by atoms with van der Waals surface area (Å²) in [6.07, 6.45) is 2.25. The molecule has 7 heteroatoms. The zero-order valence-corrected chi connectivity index (χ0v) is 15.5. The molecule has 2 rings (SSSR count). The van der Waals surface area contributed by atoms with Crippen molar-refractivity contribution in [1.29, 1.82) is 0 Å². The van der Waals surface area contributed by atoms with E-state index >= 15 is 0 Å². The van der Waals surface area contributed by atoms with Gasteiger partial charge in [-0.05, 0) is 37.3 Å². The molecule has 0 aliphatic rings. The second kappa shape index (κ2) is 9.05. The fraction of sp³-hybridized carbons (Fsp3) is 0.211. The molecule has 0 aliphatic heterocycles. The van der Waals surface area contributed by atoms with Crippen molar-refractivity contribution in [2.75, 3.05) is 20.3 Å². The molecule has 0 spiro atoms. The molecule has 0 fully saturated rings. The minimum atomic E-state index is -4.00. The first-order valence-electron chi connectivity index (χ1n) is 7.95. The Bertz CT molecular complexity index is 845. The standard InChI is InChI=1S/C19H21NO5S/c1-16-10-12-18(13-11-16)26(22,23)20(19(21)24-2)14-6-7-15-25-17-8-4-3-5-9-17/h3-13H,14-15H2,1-2H3/b7-6+. The Morgan fingerprint density at radius 1 is 1.04 bits per heavy atom. The summed E-state index contributed by atoms with van der Waals surface area (Å²) >= 11 is 0. The number of methoxy groups -OCH3 is 1. The number of amides is 1. The molecule has 1 amide bonds. The summed E-state index contributed by atoms with van der Waals surface area (Å²) in [5.41, 5.74) is 0.923. The number of aryl methyl sites for hydroxylation is 1. The van der Waals surface area contributed by atoms with Crippen LogP contribution in [0.2, 0.25) is 0 Å². The molecule has 0 radical (unpaired) electrons. The summed E-state index contributed by atoms with van der Waals surface area (Å²) in [7, 11) is -2.86. The van der Waals surface area contributed by atoms with Crippen molar-refractivity contribution in [2.24, 2.45) is 0 Å². The van der Waals surface area contributed by atoms with Gasteiger partial charge in [-0.1, -0.05) is 42.0 Å². The third-order valence-electron chi connectivity index (χ3n) is 3.51. The molecule has 0 saturated carbocycles. The smallest absolute Gasteiger partial charge is 0.423 e. The van der Waals surface area contributed by atoms with Gasteiger partial charge < -0.3 is 9.47 Å². The average molecular weight is 375 g/mol. The van der Waals surface area contributed by atoms with Gasteiger partial charge in [0.05, 0.1) is 18.6 Å². The van der Waals surface area contributed by atoms with Crippen LogP contribution in [0.4, 0.5) is 4.79 Å². The number of ether oxygens (including phenoxy) is 2. The first-order valence-corrected chi connectivity index (χ1v) is 9.39. The number of hydrogen-bond acceptors (Lipinski definition) is 5. The first-order chi connectivity index (χ1) is 12.4. The van der Waals surface area contributed by atoms with E-state index in [4.69, 9.17) is 4.74 Å². The number of sulfonamides is 1. The summed E-state index contributed by atoms with van der Waals surface area (Å²) in [4.78, 5) is 12.0. The summed E-state index contributed by atoms with van der Waals surface area (Å²) in [6.45, 7) is 1.95. The van der Waals surface area contributed by atoms with Gasteiger partial charge >= 0.3 is 6.09 Å². The molecule has 0 atom stereocenters. The van der Waals surface area contributed by atoms with Crippen LogP contribution in [-0.2, 0) is 14.8 Å². The van der Waals surface area contributed by atoms with E-state index in [9.17, 15) is 13.2 Å². The van der Waals surface area contributed by atoms with Crippen molar-refractivity contribution >= 4 is 16.1 Å². The topological polar surface area (TPSA) is 72.9 Å². The highest BCUT2D eigenvalue weighted by Gasteiger charge is 2.29. The molecule has 0 unspecified atom stereocenters. The number of nitrogens with zero attached hydrogens (tertiary/aromatic N) is 1. The third-order valence-corrected chi connectivity index (χ3v) is 5.26. The van der Waals surface area contributed by atoms with Crippen LogP contribution >= 0.6 is 0 Å².